The number of aromatic nitrogens is 1. The van der Waals surface area contributed by atoms with Gasteiger partial charge in [-0.3, -0.25) is 9.69 Å². The van der Waals surface area contributed by atoms with Crippen molar-refractivity contribution in [1.29, 1.82) is 0 Å². The summed E-state index contributed by atoms with van der Waals surface area (Å²) in [5.74, 6) is 0.377. The molecule has 2 fully saturated rings. The number of hydrogen-bond donors (Lipinski definition) is 1. The highest BCUT2D eigenvalue weighted by atomic mass is 32.1. The Balaban J connectivity index is 1.56. The molecule has 0 saturated carbocycles. The van der Waals surface area contributed by atoms with Gasteiger partial charge in [0.25, 0.3) is 0 Å². The summed E-state index contributed by atoms with van der Waals surface area (Å²) in [5, 5.41) is 14.4. The van der Waals surface area contributed by atoms with Gasteiger partial charge in [-0.15, -0.1) is 0 Å². The van der Waals surface area contributed by atoms with Crippen molar-refractivity contribution in [3.05, 3.63) is 46.8 Å². The van der Waals surface area contributed by atoms with Gasteiger partial charge in [0.2, 0.25) is 0 Å². The first-order valence-corrected chi connectivity index (χ1v) is 9.74. The SMILES string of the molecule is O=C(O)[C@]12CCCN(Cc3ccsc3)C[C@H]1CN(c1ccccn1)C2. The second-order valence-electron chi connectivity index (χ2n) is 7.20. The number of likely N-dealkylation sites (tertiary alicyclic amines) is 1. The molecule has 0 aromatic carbocycles. The van der Waals surface area contributed by atoms with Gasteiger partial charge in [-0.2, -0.15) is 11.3 Å². The predicted molar refractivity (Wildman–Crippen MR) is 98.8 cm³/mol. The summed E-state index contributed by atoms with van der Waals surface area (Å²) in [6.07, 6.45) is 3.46. The van der Waals surface area contributed by atoms with Gasteiger partial charge in [0.1, 0.15) is 5.82 Å². The van der Waals surface area contributed by atoms with E-state index in [2.05, 4.69) is 31.6 Å². The van der Waals surface area contributed by atoms with E-state index < -0.39 is 11.4 Å². The Morgan fingerprint density at radius 3 is 3.00 bits per heavy atom. The number of hydrogen-bond acceptors (Lipinski definition) is 5. The smallest absolute Gasteiger partial charge is 0.311 e. The number of carbonyl (C=O) groups is 1. The summed E-state index contributed by atoms with van der Waals surface area (Å²) in [7, 11) is 0. The third-order valence-corrected chi connectivity index (χ3v) is 6.39. The second kappa shape index (κ2) is 6.77. The van der Waals surface area contributed by atoms with Gasteiger partial charge in [-0.1, -0.05) is 6.07 Å². The summed E-state index contributed by atoms with van der Waals surface area (Å²) in [5.41, 5.74) is 0.674. The lowest BCUT2D eigenvalue weighted by Crippen LogP contribution is -2.41. The van der Waals surface area contributed by atoms with Crippen molar-refractivity contribution in [1.82, 2.24) is 9.88 Å². The van der Waals surface area contributed by atoms with Crippen molar-refractivity contribution in [3.8, 4) is 0 Å². The molecule has 2 atom stereocenters. The first kappa shape index (κ1) is 16.5. The Morgan fingerprint density at radius 1 is 1.36 bits per heavy atom. The lowest BCUT2D eigenvalue weighted by atomic mass is 9.75. The summed E-state index contributed by atoms with van der Waals surface area (Å²) in [4.78, 5) is 21.3. The van der Waals surface area contributed by atoms with Crippen molar-refractivity contribution in [2.75, 3.05) is 31.1 Å². The van der Waals surface area contributed by atoms with Crippen molar-refractivity contribution < 1.29 is 9.90 Å². The van der Waals surface area contributed by atoms with Gasteiger partial charge in [0.05, 0.1) is 5.41 Å². The molecule has 6 heteroatoms. The highest BCUT2D eigenvalue weighted by Gasteiger charge is 2.53. The van der Waals surface area contributed by atoms with Crippen molar-refractivity contribution in [2.24, 2.45) is 11.3 Å². The van der Waals surface area contributed by atoms with Gasteiger partial charge in [0, 0.05) is 38.3 Å². The maximum atomic E-state index is 12.2. The Morgan fingerprint density at radius 2 is 2.28 bits per heavy atom. The molecule has 0 aliphatic carbocycles. The zero-order valence-corrected chi connectivity index (χ0v) is 15.0. The summed E-state index contributed by atoms with van der Waals surface area (Å²) in [6.45, 7) is 4.06. The van der Waals surface area contributed by atoms with E-state index in [1.54, 1.807) is 17.5 Å². The van der Waals surface area contributed by atoms with Gasteiger partial charge in [-0.25, -0.2) is 4.98 Å². The van der Waals surface area contributed by atoms with Crippen molar-refractivity contribution in [2.45, 2.75) is 19.4 Å². The molecule has 0 radical (unpaired) electrons. The summed E-state index contributed by atoms with van der Waals surface area (Å²) < 4.78 is 0. The van der Waals surface area contributed by atoms with Crippen LogP contribution in [-0.2, 0) is 11.3 Å². The van der Waals surface area contributed by atoms with Crippen LogP contribution in [0.3, 0.4) is 0 Å². The number of pyridine rings is 1. The predicted octanol–water partition coefficient (Wildman–Crippen LogP) is 2.95. The van der Waals surface area contributed by atoms with Crippen LogP contribution >= 0.6 is 11.3 Å². The van der Waals surface area contributed by atoms with E-state index in [1.165, 1.54) is 5.56 Å². The van der Waals surface area contributed by atoms with Crippen LogP contribution in [0, 0.1) is 11.3 Å². The first-order chi connectivity index (χ1) is 12.2. The van der Waals surface area contributed by atoms with E-state index in [0.29, 0.717) is 6.54 Å². The number of nitrogens with zero attached hydrogens (tertiary/aromatic N) is 3. The van der Waals surface area contributed by atoms with Crippen molar-refractivity contribution >= 4 is 23.1 Å². The Labute approximate surface area is 151 Å². The molecule has 4 rings (SSSR count). The summed E-state index contributed by atoms with van der Waals surface area (Å²) >= 11 is 1.72. The van der Waals surface area contributed by atoms with Crippen LogP contribution in [0.25, 0.3) is 0 Å². The monoisotopic (exact) mass is 357 g/mol. The normalized spacial score (nSPS) is 27.0. The van der Waals surface area contributed by atoms with E-state index in [4.69, 9.17) is 0 Å². The molecule has 0 amide bonds. The van der Waals surface area contributed by atoms with Crippen LogP contribution in [-0.4, -0.2) is 47.1 Å². The van der Waals surface area contributed by atoms with Crippen LogP contribution in [0.5, 0.6) is 0 Å². The fourth-order valence-corrected chi connectivity index (χ4v) is 5.02. The molecule has 1 N–H and O–H groups in total. The topological polar surface area (TPSA) is 56.7 Å². The average molecular weight is 357 g/mol. The highest BCUT2D eigenvalue weighted by molar-refractivity contribution is 7.07. The number of thiophene rings is 1. The third kappa shape index (κ3) is 3.16. The van der Waals surface area contributed by atoms with E-state index in [9.17, 15) is 9.90 Å². The van der Waals surface area contributed by atoms with Crippen LogP contribution < -0.4 is 4.90 Å². The number of fused-ring (bicyclic) bond motifs is 1. The Kier molecular flexibility index (Phi) is 4.48. The zero-order chi connectivity index (χ0) is 17.3. The fourth-order valence-electron chi connectivity index (χ4n) is 4.36. The molecule has 2 aliphatic rings. The van der Waals surface area contributed by atoms with E-state index in [0.717, 1.165) is 44.8 Å². The fraction of sp³-hybridized carbons (Fsp3) is 0.474. The second-order valence-corrected chi connectivity index (χ2v) is 7.98. The molecule has 132 valence electrons. The Hall–Kier alpha value is -1.92. The standard InChI is InChI=1S/C19H23N3O2S/c23-18(24)19-6-3-8-21(10-15-5-9-25-13-15)11-16(19)12-22(14-19)17-4-1-2-7-20-17/h1-2,4-5,7,9,13,16H,3,6,8,10-12,14H2,(H,23,24)/t16-,19-/m0/s1. The van der Waals surface area contributed by atoms with Crippen LogP contribution in [0.1, 0.15) is 18.4 Å². The van der Waals surface area contributed by atoms with Gasteiger partial charge in [-0.05, 0) is 53.9 Å². The molecular weight excluding hydrogens is 334 g/mol. The summed E-state index contributed by atoms with van der Waals surface area (Å²) in [6, 6.07) is 8.00. The molecular formula is C19H23N3O2S. The minimum atomic E-state index is -0.652. The molecule has 25 heavy (non-hydrogen) atoms. The number of carboxylic acids is 1. The molecule has 2 aromatic heterocycles. The quantitative estimate of drug-likeness (QED) is 0.912. The molecule has 2 aliphatic heterocycles. The number of rotatable bonds is 4. The largest absolute Gasteiger partial charge is 0.481 e. The maximum absolute atomic E-state index is 12.2. The van der Waals surface area contributed by atoms with Gasteiger partial charge >= 0.3 is 5.97 Å². The Bertz CT molecular complexity index is 722. The molecule has 5 nitrogen and oxygen atoms in total. The van der Waals surface area contributed by atoms with Gasteiger partial charge in [0.15, 0.2) is 0 Å². The minimum absolute atomic E-state index is 0.133. The minimum Gasteiger partial charge on any atom is -0.481 e. The van der Waals surface area contributed by atoms with Crippen LogP contribution in [0.2, 0.25) is 0 Å². The van der Waals surface area contributed by atoms with Crippen LogP contribution in [0.4, 0.5) is 5.82 Å². The van der Waals surface area contributed by atoms with E-state index in [1.807, 2.05) is 18.2 Å². The zero-order valence-electron chi connectivity index (χ0n) is 14.2. The molecule has 4 heterocycles. The molecule has 0 bridgehead atoms. The van der Waals surface area contributed by atoms with Gasteiger partial charge < -0.3 is 10.0 Å². The lowest BCUT2D eigenvalue weighted by Gasteiger charge is -2.29. The number of aliphatic carboxylic acids is 1. The van der Waals surface area contributed by atoms with E-state index >= 15 is 0 Å². The molecule has 0 unspecified atom stereocenters. The highest BCUT2D eigenvalue weighted by Crippen LogP contribution is 2.44. The average Bonchev–Trinajstić information content (AvgIpc) is 3.21. The lowest BCUT2D eigenvalue weighted by molar-refractivity contribution is -0.150. The maximum Gasteiger partial charge on any atom is 0.311 e. The molecule has 2 aromatic rings. The first-order valence-electron chi connectivity index (χ1n) is 8.80. The molecule has 2 saturated heterocycles. The van der Waals surface area contributed by atoms with Crippen LogP contribution in [0.15, 0.2) is 41.2 Å². The van der Waals surface area contributed by atoms with E-state index in [-0.39, 0.29) is 5.92 Å². The molecule has 0 spiro atoms. The number of carboxylic acid groups (broad SMARTS) is 1. The number of anilines is 1. The third-order valence-electron chi connectivity index (χ3n) is 5.66. The van der Waals surface area contributed by atoms with Crippen molar-refractivity contribution in [3.63, 3.8) is 0 Å².